The van der Waals surface area contributed by atoms with Gasteiger partial charge in [-0.05, 0) is 33.6 Å². The van der Waals surface area contributed by atoms with Crippen molar-refractivity contribution < 1.29 is 9.90 Å². The quantitative estimate of drug-likeness (QED) is 0.676. The summed E-state index contributed by atoms with van der Waals surface area (Å²) in [4.78, 5) is 11.7. The van der Waals surface area contributed by atoms with E-state index in [4.69, 9.17) is 5.11 Å². The van der Waals surface area contributed by atoms with Crippen LogP contribution in [0.2, 0.25) is 0 Å². The molecule has 0 bridgehead atoms. The number of nitrogens with one attached hydrogen (secondary N) is 1. The van der Waals surface area contributed by atoms with Crippen LogP contribution in [0, 0.1) is 5.41 Å². The van der Waals surface area contributed by atoms with Crippen LogP contribution in [0.1, 0.15) is 40.0 Å². The second kappa shape index (κ2) is 3.29. The van der Waals surface area contributed by atoms with E-state index in [0.29, 0.717) is 0 Å². The summed E-state index contributed by atoms with van der Waals surface area (Å²) in [6, 6.07) is 0. The molecule has 0 heterocycles. The molecule has 0 aromatic heterocycles. The highest BCUT2D eigenvalue weighted by Gasteiger charge is 2.44. The van der Waals surface area contributed by atoms with Gasteiger partial charge in [-0.1, -0.05) is 6.42 Å². The van der Waals surface area contributed by atoms with Gasteiger partial charge in [0.2, 0.25) is 5.91 Å². The number of carbonyl (C=O) groups is 1. The van der Waals surface area contributed by atoms with E-state index in [1.54, 1.807) is 0 Å². The van der Waals surface area contributed by atoms with E-state index in [-0.39, 0.29) is 18.1 Å². The lowest BCUT2D eigenvalue weighted by molar-refractivity contribution is -0.140. The molecule has 0 saturated heterocycles. The number of rotatable bonds is 2. The van der Waals surface area contributed by atoms with E-state index in [1.165, 1.54) is 0 Å². The van der Waals surface area contributed by atoms with Crippen LogP contribution in [-0.4, -0.2) is 23.2 Å². The number of carbonyl (C=O) groups excluding carboxylic acids is 1. The fraction of sp³-hybridized carbons (Fsp3) is 0.900. The zero-order valence-electron chi connectivity index (χ0n) is 8.68. The smallest absolute Gasteiger partial charge is 0.228 e. The minimum absolute atomic E-state index is 0.00810. The van der Waals surface area contributed by atoms with Crippen molar-refractivity contribution in [1.29, 1.82) is 0 Å². The normalized spacial score (nSPS) is 20.6. The van der Waals surface area contributed by atoms with Gasteiger partial charge in [0.05, 0.1) is 12.0 Å². The Kier molecular flexibility index (Phi) is 2.66. The third kappa shape index (κ3) is 2.21. The molecule has 0 atom stereocenters. The Morgan fingerprint density at radius 3 is 2.23 bits per heavy atom. The van der Waals surface area contributed by atoms with Gasteiger partial charge in [0.15, 0.2) is 0 Å². The van der Waals surface area contributed by atoms with Crippen molar-refractivity contribution in [2.75, 3.05) is 6.61 Å². The molecule has 1 rings (SSSR count). The second-order valence-electron chi connectivity index (χ2n) is 5.00. The molecule has 1 aliphatic rings. The number of aliphatic hydroxyl groups excluding tert-OH is 1. The molecule has 0 aromatic rings. The topological polar surface area (TPSA) is 49.3 Å². The van der Waals surface area contributed by atoms with Crippen molar-refractivity contribution in [2.45, 2.75) is 45.6 Å². The fourth-order valence-corrected chi connectivity index (χ4v) is 1.53. The van der Waals surface area contributed by atoms with Crippen LogP contribution in [0.5, 0.6) is 0 Å². The average Bonchev–Trinajstić information content (AvgIpc) is 1.80. The van der Waals surface area contributed by atoms with E-state index >= 15 is 0 Å². The van der Waals surface area contributed by atoms with Crippen molar-refractivity contribution in [3.8, 4) is 0 Å². The monoisotopic (exact) mass is 185 g/mol. The lowest BCUT2D eigenvalue weighted by Crippen LogP contribution is -2.53. The van der Waals surface area contributed by atoms with Crippen molar-refractivity contribution in [1.82, 2.24) is 5.32 Å². The number of amides is 1. The predicted octanol–water partition coefficient (Wildman–Crippen LogP) is 1.06. The molecule has 1 aliphatic carbocycles. The van der Waals surface area contributed by atoms with Crippen LogP contribution >= 0.6 is 0 Å². The molecule has 3 nitrogen and oxygen atoms in total. The molecule has 0 unspecified atom stereocenters. The summed E-state index contributed by atoms with van der Waals surface area (Å²) in [5.41, 5.74) is -0.665. The highest BCUT2D eigenvalue weighted by atomic mass is 16.3. The molecule has 13 heavy (non-hydrogen) atoms. The molecule has 1 amide bonds. The summed E-state index contributed by atoms with van der Waals surface area (Å²) in [5, 5.41) is 12.1. The summed E-state index contributed by atoms with van der Waals surface area (Å²) in [7, 11) is 0. The van der Waals surface area contributed by atoms with Crippen molar-refractivity contribution in [3.05, 3.63) is 0 Å². The van der Waals surface area contributed by atoms with E-state index in [0.717, 1.165) is 19.3 Å². The van der Waals surface area contributed by atoms with Crippen LogP contribution in [-0.2, 0) is 4.79 Å². The zero-order chi connectivity index (χ0) is 10.1. The molecule has 1 saturated carbocycles. The molecule has 76 valence electrons. The molecular formula is C10H19NO2. The molecule has 0 aliphatic heterocycles. The molecule has 2 N–H and O–H groups in total. The highest BCUT2D eigenvalue weighted by molar-refractivity contribution is 5.84. The van der Waals surface area contributed by atoms with Crippen LogP contribution in [0.15, 0.2) is 0 Å². The first kappa shape index (κ1) is 10.5. The van der Waals surface area contributed by atoms with Gasteiger partial charge in [-0.2, -0.15) is 0 Å². The van der Waals surface area contributed by atoms with E-state index in [2.05, 4.69) is 5.32 Å². The lowest BCUT2D eigenvalue weighted by atomic mass is 9.68. The van der Waals surface area contributed by atoms with Gasteiger partial charge in [-0.25, -0.2) is 0 Å². The summed E-state index contributed by atoms with van der Waals surface area (Å²) in [5.74, 6) is 0.00810. The van der Waals surface area contributed by atoms with Crippen LogP contribution < -0.4 is 5.32 Å². The average molecular weight is 185 g/mol. The predicted molar refractivity (Wildman–Crippen MR) is 51.3 cm³/mol. The fourth-order valence-electron chi connectivity index (χ4n) is 1.53. The molecule has 0 radical (unpaired) electrons. The molecule has 3 heteroatoms. The Balaban J connectivity index is 2.56. The first-order chi connectivity index (χ1) is 5.90. The van der Waals surface area contributed by atoms with E-state index in [9.17, 15) is 4.79 Å². The second-order valence-corrected chi connectivity index (χ2v) is 5.00. The van der Waals surface area contributed by atoms with Crippen molar-refractivity contribution in [2.24, 2.45) is 5.41 Å². The Hall–Kier alpha value is -0.570. The van der Waals surface area contributed by atoms with E-state index < -0.39 is 5.41 Å². The van der Waals surface area contributed by atoms with Gasteiger partial charge in [-0.3, -0.25) is 4.79 Å². The summed E-state index contributed by atoms with van der Waals surface area (Å²) in [6.45, 7) is 5.84. The molecule has 1 fully saturated rings. The Morgan fingerprint density at radius 1 is 1.46 bits per heavy atom. The Bertz CT molecular complexity index is 196. The molecule has 0 spiro atoms. The Morgan fingerprint density at radius 2 is 2.00 bits per heavy atom. The number of hydrogen-bond acceptors (Lipinski definition) is 2. The summed E-state index contributed by atoms with van der Waals surface area (Å²) >= 11 is 0. The Labute approximate surface area is 79.5 Å². The number of hydrogen-bond donors (Lipinski definition) is 2. The maximum Gasteiger partial charge on any atom is 0.228 e. The maximum atomic E-state index is 11.7. The SMILES string of the molecule is CC(C)(C)NC(=O)C1(CO)CCC1. The number of aliphatic hydroxyl groups is 1. The van der Waals surface area contributed by atoms with Gasteiger partial charge in [0, 0.05) is 5.54 Å². The largest absolute Gasteiger partial charge is 0.395 e. The third-order valence-electron chi connectivity index (χ3n) is 2.58. The van der Waals surface area contributed by atoms with Gasteiger partial charge in [0.25, 0.3) is 0 Å². The van der Waals surface area contributed by atoms with Crippen LogP contribution in [0.4, 0.5) is 0 Å². The van der Waals surface area contributed by atoms with Crippen LogP contribution in [0.3, 0.4) is 0 Å². The summed E-state index contributed by atoms with van der Waals surface area (Å²) < 4.78 is 0. The van der Waals surface area contributed by atoms with Gasteiger partial charge >= 0.3 is 0 Å². The maximum absolute atomic E-state index is 11.7. The minimum Gasteiger partial charge on any atom is -0.395 e. The lowest BCUT2D eigenvalue weighted by Gasteiger charge is -2.40. The zero-order valence-corrected chi connectivity index (χ0v) is 8.68. The first-order valence-electron chi connectivity index (χ1n) is 4.83. The van der Waals surface area contributed by atoms with Gasteiger partial charge in [-0.15, -0.1) is 0 Å². The third-order valence-corrected chi connectivity index (χ3v) is 2.58. The van der Waals surface area contributed by atoms with Crippen LogP contribution in [0.25, 0.3) is 0 Å². The highest BCUT2D eigenvalue weighted by Crippen LogP contribution is 2.40. The van der Waals surface area contributed by atoms with Gasteiger partial charge in [0.1, 0.15) is 0 Å². The first-order valence-corrected chi connectivity index (χ1v) is 4.83. The van der Waals surface area contributed by atoms with Crippen molar-refractivity contribution in [3.63, 3.8) is 0 Å². The molecule has 0 aromatic carbocycles. The van der Waals surface area contributed by atoms with Crippen molar-refractivity contribution >= 4 is 5.91 Å². The van der Waals surface area contributed by atoms with E-state index in [1.807, 2.05) is 20.8 Å². The minimum atomic E-state index is -0.465. The standard InChI is InChI=1S/C10H19NO2/c1-9(2,3)11-8(13)10(7-12)5-4-6-10/h12H,4-7H2,1-3H3,(H,11,13). The van der Waals surface area contributed by atoms with Gasteiger partial charge < -0.3 is 10.4 Å². The summed E-state index contributed by atoms with van der Waals surface area (Å²) in [6.07, 6.45) is 2.70. The molecular weight excluding hydrogens is 166 g/mol.